The summed E-state index contributed by atoms with van der Waals surface area (Å²) in [4.78, 5) is 22.7. The number of fused-ring (bicyclic) bond motifs is 3. The lowest BCUT2D eigenvalue weighted by Gasteiger charge is -2.48. The smallest absolute Gasteiger partial charge is 0.335 e. The van der Waals surface area contributed by atoms with Crippen LogP contribution in [0.1, 0.15) is 80.8 Å². The summed E-state index contributed by atoms with van der Waals surface area (Å²) < 4.78 is 40.2. The number of aromatic nitrogens is 2. The molecule has 1 aromatic heterocycles. The first-order valence-corrected chi connectivity index (χ1v) is 24.4. The molecule has 12 heteroatoms. The molecule has 0 radical (unpaired) electrons. The van der Waals surface area contributed by atoms with E-state index >= 15 is 0 Å². The second-order valence-corrected chi connectivity index (χ2v) is 24.8. The molecular weight excluding hydrogens is 738 g/mol. The number of ether oxygens (including phenoxy) is 1. The van der Waals surface area contributed by atoms with Crippen LogP contribution in [0.2, 0.25) is 23.2 Å². The van der Waals surface area contributed by atoms with Crippen molar-refractivity contribution in [2.75, 3.05) is 30.3 Å². The van der Waals surface area contributed by atoms with Gasteiger partial charge in [0.15, 0.2) is 8.32 Å². The molecule has 1 N–H and O–H groups in total. The molecule has 3 aromatic rings. The largest absolute Gasteiger partial charge is 0.490 e. The van der Waals surface area contributed by atoms with Crippen molar-refractivity contribution in [3.8, 4) is 5.75 Å². The number of hydrogen-bond donors (Lipinski definition) is 1. The number of allylic oxidation sites excluding steroid dienone is 1. The van der Waals surface area contributed by atoms with E-state index in [1.54, 1.807) is 18.2 Å². The SMILES string of the molecule is CC(C)(C)[Si](C)(C)O[C@@H](/C=C/[C@@H]1CC[C@H]1CS(=O)(=O)c1ncccn1)[C@@H]1CC[C@H]1CN1CC2(CCCc3cc(Cl)ccc32)COc2ccc(C(=O)O)cc21. The lowest BCUT2D eigenvalue weighted by Crippen LogP contribution is -2.52. The van der Waals surface area contributed by atoms with Crippen molar-refractivity contribution < 1.29 is 27.5 Å². The van der Waals surface area contributed by atoms with Crippen molar-refractivity contribution in [2.45, 2.75) is 101 Å². The predicted octanol–water partition coefficient (Wildman–Crippen LogP) is 8.77. The minimum Gasteiger partial charge on any atom is -0.490 e. The summed E-state index contributed by atoms with van der Waals surface area (Å²) in [6.45, 7) is 13.4. The van der Waals surface area contributed by atoms with E-state index in [0.29, 0.717) is 19.1 Å². The van der Waals surface area contributed by atoms with E-state index in [1.807, 2.05) is 12.1 Å². The van der Waals surface area contributed by atoms with Crippen molar-refractivity contribution in [3.63, 3.8) is 0 Å². The minimum absolute atomic E-state index is 0.0129. The van der Waals surface area contributed by atoms with Gasteiger partial charge in [-0.05, 0) is 134 Å². The maximum absolute atomic E-state index is 13.2. The molecule has 0 saturated heterocycles. The molecule has 2 heterocycles. The fourth-order valence-electron chi connectivity index (χ4n) is 8.68. The third kappa shape index (κ3) is 7.88. The van der Waals surface area contributed by atoms with Gasteiger partial charge in [0.1, 0.15) is 5.75 Å². The molecule has 3 aliphatic carbocycles. The van der Waals surface area contributed by atoms with E-state index in [-0.39, 0.29) is 50.8 Å². The molecule has 2 aromatic carbocycles. The topological polar surface area (TPSA) is 119 Å². The summed E-state index contributed by atoms with van der Waals surface area (Å²) in [6.07, 6.45) is 14.2. The molecule has 1 spiro atoms. The fraction of sp³-hybridized carbons (Fsp3) is 0.548. The normalized spacial score (nSPS) is 26.2. The van der Waals surface area contributed by atoms with E-state index in [4.69, 9.17) is 20.8 Å². The van der Waals surface area contributed by atoms with Crippen LogP contribution in [0, 0.1) is 23.7 Å². The van der Waals surface area contributed by atoms with Gasteiger partial charge in [0.05, 0.1) is 29.7 Å². The predicted molar refractivity (Wildman–Crippen MR) is 215 cm³/mol. The fourth-order valence-corrected chi connectivity index (χ4v) is 11.7. The standard InChI is InChI=1S/C42H54ClN3O6SSi/c1-41(2,3)54(4,5)52-37(17-12-28-9-10-32(28)25-53(49,50)40-44-20-7-21-45-40)34-15-11-31(34)24-46-26-42(19-6-8-29-22-33(43)14-16-35(29)42)27-51-38-18-13-30(39(47)48)23-36(38)46/h7,12-14,16-18,20-23,28,31-32,34,37H,6,8-11,15,19,24-27H2,1-5H3,(H,47,48)/b17-12+/t28-,31-,32-,34+,37-,42?/m0/s1. The minimum atomic E-state index is -3.58. The summed E-state index contributed by atoms with van der Waals surface area (Å²) in [5.74, 6) is 0.536. The second-order valence-electron chi connectivity index (χ2n) is 17.6. The number of hydrogen-bond acceptors (Lipinski definition) is 8. The first-order valence-electron chi connectivity index (χ1n) is 19.5. The number of anilines is 1. The van der Waals surface area contributed by atoms with Crippen molar-refractivity contribution in [2.24, 2.45) is 23.7 Å². The lowest BCUT2D eigenvalue weighted by atomic mass is 9.68. The number of carbonyl (C=O) groups is 1. The van der Waals surface area contributed by atoms with Gasteiger partial charge in [-0.25, -0.2) is 23.2 Å². The average molecular weight is 793 g/mol. The molecule has 7 rings (SSSR count). The lowest BCUT2D eigenvalue weighted by molar-refractivity contribution is 0.0519. The van der Waals surface area contributed by atoms with Crippen LogP contribution < -0.4 is 9.64 Å². The number of aryl methyl sites for hydroxylation is 1. The third-order valence-corrected chi connectivity index (χ3v) is 19.5. The van der Waals surface area contributed by atoms with Gasteiger partial charge in [0.25, 0.3) is 0 Å². The number of carboxylic acid groups (broad SMARTS) is 1. The molecule has 290 valence electrons. The highest BCUT2D eigenvalue weighted by Crippen LogP contribution is 2.49. The Morgan fingerprint density at radius 1 is 1.11 bits per heavy atom. The molecular formula is C42H54ClN3O6SSi. The number of carboxylic acids is 1. The zero-order valence-corrected chi connectivity index (χ0v) is 34.7. The summed E-state index contributed by atoms with van der Waals surface area (Å²) >= 11 is 6.48. The van der Waals surface area contributed by atoms with Crippen LogP contribution in [0.5, 0.6) is 5.75 Å². The van der Waals surface area contributed by atoms with Crippen LogP contribution in [0.3, 0.4) is 0 Å². The Labute approximate surface area is 326 Å². The number of sulfone groups is 1. The van der Waals surface area contributed by atoms with E-state index < -0.39 is 24.1 Å². The highest BCUT2D eigenvalue weighted by molar-refractivity contribution is 7.91. The monoisotopic (exact) mass is 791 g/mol. The second kappa shape index (κ2) is 15.0. The first kappa shape index (κ1) is 39.0. The molecule has 0 amide bonds. The average Bonchev–Trinajstić information content (AvgIpc) is 3.25. The third-order valence-electron chi connectivity index (χ3n) is 13.2. The van der Waals surface area contributed by atoms with E-state index in [9.17, 15) is 18.3 Å². The van der Waals surface area contributed by atoms with Gasteiger partial charge in [-0.3, -0.25) is 0 Å². The molecule has 2 saturated carbocycles. The van der Waals surface area contributed by atoms with Gasteiger partial charge < -0.3 is 19.2 Å². The van der Waals surface area contributed by atoms with E-state index in [2.05, 4.69) is 73.0 Å². The number of nitrogens with zero attached hydrogens (tertiary/aromatic N) is 3. The zero-order chi connectivity index (χ0) is 38.5. The summed E-state index contributed by atoms with van der Waals surface area (Å²) in [5.41, 5.74) is 3.36. The Morgan fingerprint density at radius 3 is 2.54 bits per heavy atom. The Balaban J connectivity index is 1.17. The van der Waals surface area contributed by atoms with Gasteiger partial charge in [-0.1, -0.05) is 50.6 Å². The van der Waals surface area contributed by atoms with Crippen LogP contribution in [0.4, 0.5) is 5.69 Å². The maximum atomic E-state index is 13.2. The molecule has 2 fully saturated rings. The van der Waals surface area contributed by atoms with Crippen LogP contribution in [0.25, 0.3) is 0 Å². The van der Waals surface area contributed by atoms with E-state index in [1.165, 1.54) is 23.5 Å². The maximum Gasteiger partial charge on any atom is 0.335 e. The van der Waals surface area contributed by atoms with Crippen LogP contribution in [-0.4, -0.2) is 69.3 Å². The molecule has 1 unspecified atom stereocenters. The Kier molecular flexibility index (Phi) is 10.8. The highest BCUT2D eigenvalue weighted by Gasteiger charge is 2.47. The molecule has 54 heavy (non-hydrogen) atoms. The van der Waals surface area contributed by atoms with Crippen LogP contribution in [-0.2, 0) is 26.1 Å². The van der Waals surface area contributed by atoms with E-state index in [0.717, 1.165) is 68.0 Å². The first-order chi connectivity index (χ1) is 25.6. The summed E-state index contributed by atoms with van der Waals surface area (Å²) in [5, 5.41) is 10.7. The molecule has 6 atom stereocenters. The number of aromatic carboxylic acids is 1. The number of rotatable bonds is 11. The number of halogens is 1. The Bertz CT molecular complexity index is 2000. The van der Waals surface area contributed by atoms with Gasteiger partial charge in [-0.2, -0.15) is 0 Å². The van der Waals surface area contributed by atoms with Crippen LogP contribution >= 0.6 is 11.6 Å². The van der Waals surface area contributed by atoms with Crippen molar-refractivity contribution in [3.05, 3.63) is 88.7 Å². The van der Waals surface area contributed by atoms with Crippen molar-refractivity contribution in [1.29, 1.82) is 0 Å². The van der Waals surface area contributed by atoms with Crippen molar-refractivity contribution >= 4 is 41.4 Å². The quantitative estimate of drug-likeness (QED) is 0.116. The molecule has 0 bridgehead atoms. The number of benzene rings is 2. The molecule has 4 aliphatic rings. The van der Waals surface area contributed by atoms with Crippen molar-refractivity contribution in [1.82, 2.24) is 9.97 Å². The van der Waals surface area contributed by atoms with Gasteiger partial charge in [-0.15, -0.1) is 0 Å². The van der Waals surface area contributed by atoms with Crippen LogP contribution in [0.15, 0.2) is 72.2 Å². The summed E-state index contributed by atoms with van der Waals surface area (Å²) in [6, 6.07) is 13.1. The Hall–Kier alpha value is -3.25. The molecule has 1 aliphatic heterocycles. The highest BCUT2D eigenvalue weighted by atomic mass is 35.5. The van der Waals surface area contributed by atoms with Gasteiger partial charge in [0, 0.05) is 35.9 Å². The van der Waals surface area contributed by atoms with Gasteiger partial charge in [0.2, 0.25) is 15.0 Å². The molecule has 9 nitrogen and oxygen atoms in total. The van der Waals surface area contributed by atoms with Gasteiger partial charge >= 0.3 is 5.97 Å². The zero-order valence-electron chi connectivity index (χ0n) is 32.1. The summed E-state index contributed by atoms with van der Waals surface area (Å²) in [7, 11) is -5.78. The Morgan fingerprint density at radius 2 is 1.87 bits per heavy atom.